The number of fused-ring (bicyclic) bond motifs is 1. The van der Waals surface area contributed by atoms with E-state index in [1.165, 1.54) is 11.0 Å². The van der Waals surface area contributed by atoms with E-state index in [0.717, 1.165) is 42.8 Å². The lowest BCUT2D eigenvalue weighted by molar-refractivity contribution is -0.142. The minimum Gasteiger partial charge on any atom is -0.507 e. The first kappa shape index (κ1) is 22.3. The molecule has 6 rings (SSSR count). The van der Waals surface area contributed by atoms with Crippen LogP contribution in [-0.4, -0.2) is 67.3 Å². The van der Waals surface area contributed by atoms with E-state index < -0.39 is 12.0 Å². The van der Waals surface area contributed by atoms with Gasteiger partial charge in [0.15, 0.2) is 6.04 Å². The summed E-state index contributed by atoms with van der Waals surface area (Å²) in [4.78, 5) is 20.4. The molecule has 10 nitrogen and oxygen atoms in total. The number of aromatic hydroxyl groups is 1. The van der Waals surface area contributed by atoms with Crippen molar-refractivity contribution in [3.8, 4) is 17.0 Å². The molecule has 1 spiro atoms. The Bertz CT molecular complexity index is 1450. The van der Waals surface area contributed by atoms with Crippen LogP contribution in [0.25, 0.3) is 22.2 Å². The quantitative estimate of drug-likeness (QED) is 0.424. The summed E-state index contributed by atoms with van der Waals surface area (Å²) in [5.74, 6) is -0.201. The van der Waals surface area contributed by atoms with Crippen molar-refractivity contribution >= 4 is 28.5 Å². The number of carboxylic acids is 1. The first-order chi connectivity index (χ1) is 17.3. The minimum atomic E-state index is -0.898. The molecule has 1 atom stereocenters. The van der Waals surface area contributed by atoms with Crippen molar-refractivity contribution in [2.75, 3.05) is 36.0 Å². The van der Waals surface area contributed by atoms with E-state index in [9.17, 15) is 15.0 Å². The second-order valence-corrected chi connectivity index (χ2v) is 10.3. The summed E-state index contributed by atoms with van der Waals surface area (Å²) in [6, 6.07) is 14.6. The Kier molecular flexibility index (Phi) is 5.06. The van der Waals surface area contributed by atoms with Gasteiger partial charge in [0.05, 0.1) is 11.2 Å². The summed E-state index contributed by atoms with van der Waals surface area (Å²) in [5, 5.41) is 33.8. The Balaban J connectivity index is 1.11. The predicted octanol–water partition coefficient (Wildman–Crippen LogP) is 3.20. The highest BCUT2D eigenvalue weighted by molar-refractivity contribution is 5.85. The van der Waals surface area contributed by atoms with E-state index >= 15 is 0 Å². The molecule has 0 amide bonds. The van der Waals surface area contributed by atoms with Crippen LogP contribution in [0.3, 0.4) is 0 Å². The number of anilines is 2. The van der Waals surface area contributed by atoms with Gasteiger partial charge in [0.1, 0.15) is 12.1 Å². The summed E-state index contributed by atoms with van der Waals surface area (Å²) in [5.41, 5.74) is 3.43. The van der Waals surface area contributed by atoms with Crippen molar-refractivity contribution in [2.24, 2.45) is 11.3 Å². The van der Waals surface area contributed by atoms with Gasteiger partial charge in [-0.1, -0.05) is 32.0 Å². The Hall–Kier alpha value is -4.21. The molecule has 0 bridgehead atoms. The molecule has 4 aromatic rings. The number of nitrogens with zero attached hydrogens (tertiary/aromatic N) is 7. The molecule has 2 N–H and O–H groups in total. The number of carbonyl (C=O) groups is 1. The van der Waals surface area contributed by atoms with Crippen molar-refractivity contribution < 1.29 is 15.0 Å². The van der Waals surface area contributed by atoms with Gasteiger partial charge >= 0.3 is 5.97 Å². The molecule has 184 valence electrons. The monoisotopic (exact) mass is 485 g/mol. The number of hydrogen-bond acceptors (Lipinski definition) is 8. The van der Waals surface area contributed by atoms with Crippen LogP contribution in [-0.2, 0) is 4.79 Å². The van der Waals surface area contributed by atoms with Gasteiger partial charge in [0.25, 0.3) is 0 Å². The maximum Gasteiger partial charge on any atom is 0.328 e. The lowest BCUT2D eigenvalue weighted by Crippen LogP contribution is -2.72. The highest BCUT2D eigenvalue weighted by Crippen LogP contribution is 2.43. The van der Waals surface area contributed by atoms with Crippen LogP contribution in [0, 0.1) is 11.3 Å². The molecule has 4 heterocycles. The molecular formula is C26H27N7O3. The van der Waals surface area contributed by atoms with E-state index in [2.05, 4.69) is 42.2 Å². The number of aliphatic carboxylic acids is 1. The number of benzene rings is 2. The third-order valence-corrected chi connectivity index (χ3v) is 7.17. The minimum absolute atomic E-state index is 0.0799. The van der Waals surface area contributed by atoms with Crippen molar-refractivity contribution in [3.05, 3.63) is 54.9 Å². The normalized spacial score (nSPS) is 17.3. The molecule has 2 aliphatic rings. The highest BCUT2D eigenvalue weighted by Gasteiger charge is 2.52. The van der Waals surface area contributed by atoms with Gasteiger partial charge in [-0.25, -0.2) is 14.5 Å². The van der Waals surface area contributed by atoms with Crippen LogP contribution in [0.1, 0.15) is 19.9 Å². The molecular weight excluding hydrogens is 458 g/mol. The zero-order valence-corrected chi connectivity index (χ0v) is 20.1. The standard InChI is InChI=1S/C26H27N7O3/c1-16(2)23(24(35)36)33-15-27-25(30-33)32-13-26(14-32)11-31(12-26)18-8-7-17-9-21(29-28-20(17)10-18)19-5-3-4-6-22(19)34/h3-10,15-16,23,34H,11-14H2,1-2H3,(H,35,36). The first-order valence-electron chi connectivity index (χ1n) is 12.0. The highest BCUT2D eigenvalue weighted by atomic mass is 16.4. The molecule has 2 saturated heterocycles. The van der Waals surface area contributed by atoms with Crippen LogP contribution in [0.4, 0.5) is 11.6 Å². The molecule has 1 unspecified atom stereocenters. The van der Waals surface area contributed by atoms with Gasteiger partial charge in [-0.3, -0.25) is 0 Å². The predicted molar refractivity (Wildman–Crippen MR) is 135 cm³/mol. The van der Waals surface area contributed by atoms with Gasteiger partial charge in [0, 0.05) is 48.2 Å². The molecule has 0 saturated carbocycles. The Labute approximate surface area is 207 Å². The molecule has 2 aromatic carbocycles. The topological polar surface area (TPSA) is 120 Å². The number of phenols is 1. The van der Waals surface area contributed by atoms with Crippen molar-refractivity contribution in [1.29, 1.82) is 0 Å². The summed E-state index contributed by atoms with van der Waals surface area (Å²) < 4.78 is 1.46. The summed E-state index contributed by atoms with van der Waals surface area (Å²) in [6.45, 7) is 7.31. The molecule has 2 aliphatic heterocycles. The third kappa shape index (κ3) is 3.69. The fraction of sp³-hybridized carbons (Fsp3) is 0.346. The van der Waals surface area contributed by atoms with E-state index in [-0.39, 0.29) is 17.1 Å². The molecule has 0 aliphatic carbocycles. The molecule has 10 heteroatoms. The summed E-state index contributed by atoms with van der Waals surface area (Å²) in [6.07, 6.45) is 1.52. The second-order valence-electron chi connectivity index (χ2n) is 10.3. The summed E-state index contributed by atoms with van der Waals surface area (Å²) >= 11 is 0. The van der Waals surface area contributed by atoms with E-state index in [1.807, 2.05) is 38.1 Å². The number of phenolic OH excluding ortho intramolecular Hbond substituents is 1. The van der Waals surface area contributed by atoms with Crippen molar-refractivity contribution in [2.45, 2.75) is 19.9 Å². The fourth-order valence-corrected chi connectivity index (χ4v) is 5.34. The Morgan fingerprint density at radius 3 is 2.47 bits per heavy atom. The zero-order chi connectivity index (χ0) is 25.0. The van der Waals surface area contributed by atoms with Crippen molar-refractivity contribution in [3.63, 3.8) is 0 Å². The van der Waals surface area contributed by atoms with Crippen LogP contribution < -0.4 is 9.80 Å². The fourth-order valence-electron chi connectivity index (χ4n) is 5.34. The van der Waals surface area contributed by atoms with Gasteiger partial charge in [-0.2, -0.15) is 0 Å². The summed E-state index contributed by atoms with van der Waals surface area (Å²) in [7, 11) is 0. The third-order valence-electron chi connectivity index (χ3n) is 7.17. The van der Waals surface area contributed by atoms with E-state index in [1.54, 1.807) is 12.1 Å². The van der Waals surface area contributed by atoms with Gasteiger partial charge in [-0.15, -0.1) is 15.3 Å². The first-order valence-corrected chi connectivity index (χ1v) is 12.0. The number of hydrogen-bond donors (Lipinski definition) is 2. The Morgan fingerprint density at radius 2 is 1.75 bits per heavy atom. The van der Waals surface area contributed by atoms with Crippen LogP contribution in [0.5, 0.6) is 5.75 Å². The molecule has 2 fully saturated rings. The molecule has 0 radical (unpaired) electrons. The van der Waals surface area contributed by atoms with E-state index in [0.29, 0.717) is 17.2 Å². The maximum absolute atomic E-state index is 11.6. The van der Waals surface area contributed by atoms with Crippen molar-refractivity contribution in [1.82, 2.24) is 25.0 Å². The van der Waals surface area contributed by atoms with E-state index in [4.69, 9.17) is 0 Å². The molecule has 36 heavy (non-hydrogen) atoms. The Morgan fingerprint density at radius 1 is 1.00 bits per heavy atom. The average Bonchev–Trinajstić information content (AvgIpc) is 3.25. The average molecular weight is 486 g/mol. The lowest BCUT2D eigenvalue weighted by Gasteiger charge is -2.60. The smallest absolute Gasteiger partial charge is 0.328 e. The van der Waals surface area contributed by atoms with Crippen LogP contribution in [0.15, 0.2) is 54.9 Å². The van der Waals surface area contributed by atoms with Crippen LogP contribution in [0.2, 0.25) is 0 Å². The largest absolute Gasteiger partial charge is 0.507 e. The van der Waals surface area contributed by atoms with Crippen LogP contribution >= 0.6 is 0 Å². The lowest BCUT2D eigenvalue weighted by atomic mass is 9.72. The SMILES string of the molecule is CC(C)C(C(=O)O)n1cnc(N2CC3(CN(c4ccc5cc(-c6ccccc6O)nnc5c4)C3)C2)n1. The number of para-hydroxylation sites is 1. The number of rotatable bonds is 6. The molecule has 2 aromatic heterocycles. The second kappa shape index (κ2) is 8.18. The van der Waals surface area contributed by atoms with Gasteiger partial charge < -0.3 is 20.0 Å². The van der Waals surface area contributed by atoms with Gasteiger partial charge in [-0.05, 0) is 36.2 Å². The zero-order valence-electron chi connectivity index (χ0n) is 20.1. The number of carboxylic acid groups (broad SMARTS) is 1. The number of aromatic nitrogens is 5. The van der Waals surface area contributed by atoms with Gasteiger partial charge in [0.2, 0.25) is 5.95 Å². The maximum atomic E-state index is 11.6.